The molecule has 0 radical (unpaired) electrons. The van der Waals surface area contributed by atoms with E-state index in [0.29, 0.717) is 36.4 Å². The highest BCUT2D eigenvalue weighted by atomic mass is 19.4. The van der Waals surface area contributed by atoms with E-state index in [2.05, 4.69) is 0 Å². The lowest BCUT2D eigenvalue weighted by Gasteiger charge is -2.39. The molecule has 0 saturated heterocycles. The van der Waals surface area contributed by atoms with E-state index in [1.54, 1.807) is 0 Å². The Morgan fingerprint density at radius 2 is 0.735 bits per heavy atom. The van der Waals surface area contributed by atoms with Gasteiger partial charge in [0.1, 0.15) is 23.0 Å². The van der Waals surface area contributed by atoms with Crippen LogP contribution in [0.2, 0.25) is 0 Å². The predicted octanol–water partition coefficient (Wildman–Crippen LogP) is 11.1. The summed E-state index contributed by atoms with van der Waals surface area (Å²) in [7, 11) is 0. The molecule has 0 spiro atoms. The van der Waals surface area contributed by atoms with Gasteiger partial charge in [-0.15, -0.1) is 0 Å². The van der Waals surface area contributed by atoms with Crippen LogP contribution < -0.4 is 20.9 Å². The summed E-state index contributed by atoms with van der Waals surface area (Å²) in [4.78, 5) is 0. The normalized spacial score (nSPS) is 13.1. The third kappa shape index (κ3) is 6.90. The number of benzene rings is 4. The van der Waals surface area contributed by atoms with Crippen LogP contribution >= 0.6 is 0 Å². The van der Waals surface area contributed by atoms with Crippen LogP contribution in [-0.4, -0.2) is 12.4 Å². The zero-order valence-electron chi connectivity index (χ0n) is 25.8. The van der Waals surface area contributed by atoms with Crippen molar-refractivity contribution < 1.29 is 62.2 Å². The van der Waals surface area contributed by atoms with Crippen molar-refractivity contribution in [1.82, 2.24) is 0 Å². The van der Waals surface area contributed by atoms with Crippen molar-refractivity contribution in [2.75, 3.05) is 11.5 Å². The molecule has 0 aliphatic heterocycles. The van der Waals surface area contributed by atoms with Crippen molar-refractivity contribution in [3.63, 3.8) is 0 Å². The molecule has 264 valence electrons. The molecule has 0 saturated carbocycles. The number of hydrogen-bond acceptors (Lipinski definition) is 4. The maximum atomic E-state index is 15.0. The Hall–Kier alpha value is -4.76. The highest BCUT2D eigenvalue weighted by Gasteiger charge is 2.72. The summed E-state index contributed by atoms with van der Waals surface area (Å²) in [6.07, 6.45) is -21.8. The molecule has 4 N–H and O–H groups in total. The van der Waals surface area contributed by atoms with Crippen LogP contribution in [0.5, 0.6) is 23.0 Å². The molecule has 4 nitrogen and oxygen atoms in total. The van der Waals surface area contributed by atoms with E-state index in [-0.39, 0.29) is 33.8 Å². The smallest absolute Gasteiger partial charge is 0.418 e. The summed E-state index contributed by atoms with van der Waals surface area (Å²) < 4.78 is 181. The zero-order valence-corrected chi connectivity index (χ0v) is 25.8. The van der Waals surface area contributed by atoms with Crippen LogP contribution in [-0.2, 0) is 17.8 Å². The topological polar surface area (TPSA) is 70.5 Å². The summed E-state index contributed by atoms with van der Waals surface area (Å²) in [6, 6.07) is 7.27. The average molecular weight is 711 g/mol. The van der Waals surface area contributed by atoms with Gasteiger partial charge >= 0.3 is 24.7 Å². The molecule has 16 heteroatoms. The first-order valence-corrected chi connectivity index (χ1v) is 13.9. The van der Waals surface area contributed by atoms with Gasteiger partial charge in [-0.2, -0.15) is 52.7 Å². The van der Waals surface area contributed by atoms with Crippen LogP contribution in [0, 0.1) is 27.7 Å². The second kappa shape index (κ2) is 12.3. The van der Waals surface area contributed by atoms with Gasteiger partial charge in [0.25, 0.3) is 0 Å². The van der Waals surface area contributed by atoms with E-state index < -0.39 is 75.2 Å². The number of rotatable bonds is 6. The maximum Gasteiger partial charge on any atom is 0.418 e. The third-order valence-corrected chi connectivity index (χ3v) is 7.74. The minimum atomic E-state index is -6.02. The molecule has 0 aromatic heterocycles. The molecule has 49 heavy (non-hydrogen) atoms. The fourth-order valence-corrected chi connectivity index (χ4v) is 5.56. The van der Waals surface area contributed by atoms with Gasteiger partial charge in [-0.1, -0.05) is 24.3 Å². The average Bonchev–Trinajstić information content (AvgIpc) is 2.92. The summed E-state index contributed by atoms with van der Waals surface area (Å²) in [5.74, 6) is -1.44. The number of nitrogen functional groups attached to an aromatic ring is 2. The number of hydrogen-bond donors (Lipinski definition) is 2. The van der Waals surface area contributed by atoms with E-state index >= 15 is 26.3 Å². The number of nitrogens with two attached hydrogens (primary N) is 2. The largest absolute Gasteiger partial charge is 0.457 e. The van der Waals surface area contributed by atoms with Gasteiger partial charge in [0.05, 0.1) is 11.1 Å². The quantitative estimate of drug-likeness (QED) is 0.154. The summed E-state index contributed by atoms with van der Waals surface area (Å²) in [5, 5.41) is 0. The minimum Gasteiger partial charge on any atom is -0.457 e. The molecule has 0 aliphatic rings. The molecular formula is C33H26F12N2O2. The third-order valence-electron chi connectivity index (χ3n) is 7.74. The summed E-state index contributed by atoms with van der Waals surface area (Å²) in [5.41, 5.74) is -1.30. The van der Waals surface area contributed by atoms with Crippen molar-refractivity contribution in [2.24, 2.45) is 0 Å². The molecular weight excluding hydrogens is 684 g/mol. The number of halogens is 12. The Kier molecular flexibility index (Phi) is 9.29. The second-order valence-corrected chi connectivity index (χ2v) is 11.3. The molecule has 0 fully saturated rings. The first kappa shape index (κ1) is 37.1. The highest BCUT2D eigenvalue weighted by Crippen LogP contribution is 2.58. The molecule has 0 aliphatic carbocycles. The first-order valence-electron chi connectivity index (χ1n) is 13.9. The molecule has 0 atom stereocenters. The highest BCUT2D eigenvalue weighted by molar-refractivity contribution is 5.58. The molecule has 0 bridgehead atoms. The summed E-state index contributed by atoms with van der Waals surface area (Å²) in [6.45, 7) is 4.50. The van der Waals surface area contributed by atoms with E-state index in [1.807, 2.05) is 0 Å². The number of aryl methyl sites for hydroxylation is 4. The lowest BCUT2D eigenvalue weighted by Crippen LogP contribution is -2.55. The van der Waals surface area contributed by atoms with Crippen molar-refractivity contribution in [2.45, 2.75) is 57.8 Å². The van der Waals surface area contributed by atoms with Crippen molar-refractivity contribution in [1.29, 1.82) is 0 Å². The molecule has 4 aromatic rings. The van der Waals surface area contributed by atoms with Gasteiger partial charge < -0.3 is 20.9 Å². The first-order chi connectivity index (χ1) is 22.3. The number of anilines is 2. The van der Waals surface area contributed by atoms with Crippen LogP contribution in [0.4, 0.5) is 64.1 Å². The summed E-state index contributed by atoms with van der Waals surface area (Å²) >= 11 is 0. The molecule has 0 amide bonds. The van der Waals surface area contributed by atoms with Crippen LogP contribution in [0.1, 0.15) is 44.5 Å². The van der Waals surface area contributed by atoms with Crippen LogP contribution in [0.25, 0.3) is 0 Å². The van der Waals surface area contributed by atoms with Crippen molar-refractivity contribution in [3.05, 3.63) is 105 Å². The zero-order chi connectivity index (χ0) is 37.1. The Morgan fingerprint density at radius 1 is 0.449 bits per heavy atom. The Morgan fingerprint density at radius 3 is 0.980 bits per heavy atom. The van der Waals surface area contributed by atoms with Gasteiger partial charge in [-0.3, -0.25) is 0 Å². The Balaban J connectivity index is 1.87. The van der Waals surface area contributed by atoms with Gasteiger partial charge in [0.15, 0.2) is 0 Å². The standard InChI is InChI=1S/C33H26F12N2O2/c1-15-9-19(10-16(2)27(15)48-21-5-7-25(46)23(13-21)30(34,35)36)29(32(40,41)42,33(43,44)45)20-11-17(3)28(18(4)12-20)49-22-6-8-26(47)24(14-22)31(37,38)39/h5-14H,46-47H2,1-4H3. The van der Waals surface area contributed by atoms with Gasteiger partial charge in [-0.05, 0) is 97.5 Å². The van der Waals surface area contributed by atoms with Gasteiger partial charge in [0, 0.05) is 11.4 Å². The van der Waals surface area contributed by atoms with E-state index in [0.717, 1.165) is 52.0 Å². The molecule has 4 rings (SSSR count). The fraction of sp³-hybridized carbons (Fsp3) is 0.273. The van der Waals surface area contributed by atoms with Gasteiger partial charge in [0.2, 0.25) is 5.41 Å². The van der Waals surface area contributed by atoms with Crippen molar-refractivity contribution in [3.8, 4) is 23.0 Å². The minimum absolute atomic E-state index is 0.268. The monoisotopic (exact) mass is 710 g/mol. The van der Waals surface area contributed by atoms with E-state index in [4.69, 9.17) is 20.9 Å². The second-order valence-electron chi connectivity index (χ2n) is 11.3. The van der Waals surface area contributed by atoms with Crippen LogP contribution in [0.15, 0.2) is 60.7 Å². The SMILES string of the molecule is Cc1cc(C(c2cc(C)c(Oc3ccc(N)c(C(F)(F)F)c3)c(C)c2)(C(F)(F)F)C(F)(F)F)cc(C)c1Oc1ccc(N)c(C(F)(F)F)c1. The van der Waals surface area contributed by atoms with E-state index in [9.17, 15) is 26.3 Å². The van der Waals surface area contributed by atoms with Crippen LogP contribution in [0.3, 0.4) is 0 Å². The maximum absolute atomic E-state index is 15.0. The number of ether oxygens (including phenoxy) is 2. The van der Waals surface area contributed by atoms with E-state index in [1.165, 1.54) is 0 Å². The molecule has 4 aromatic carbocycles. The fourth-order valence-electron chi connectivity index (χ4n) is 5.56. The van der Waals surface area contributed by atoms with Crippen molar-refractivity contribution >= 4 is 11.4 Å². The lowest BCUT2D eigenvalue weighted by molar-refractivity contribution is -0.288. The molecule has 0 heterocycles. The predicted molar refractivity (Wildman–Crippen MR) is 157 cm³/mol. The number of alkyl halides is 12. The molecule has 0 unspecified atom stereocenters. The Bertz CT molecular complexity index is 1710. The van der Waals surface area contributed by atoms with Gasteiger partial charge in [-0.25, -0.2) is 0 Å². The lowest BCUT2D eigenvalue weighted by atomic mass is 9.71. The Labute approximate surface area is 271 Å².